The lowest BCUT2D eigenvalue weighted by Crippen LogP contribution is -2.33. The molecule has 1 aromatic carbocycles. The van der Waals surface area contributed by atoms with E-state index in [-0.39, 0.29) is 0 Å². The van der Waals surface area contributed by atoms with E-state index in [0.717, 1.165) is 24.7 Å². The van der Waals surface area contributed by atoms with E-state index in [1.54, 1.807) is 12.7 Å². The topological polar surface area (TPSA) is 34.0 Å². The third-order valence-corrected chi connectivity index (χ3v) is 3.70. The van der Waals surface area contributed by atoms with Crippen LogP contribution < -0.4 is 4.90 Å². The average Bonchev–Trinajstić information content (AvgIpc) is 2.93. The molecule has 0 saturated carbocycles. The van der Waals surface area contributed by atoms with Gasteiger partial charge >= 0.3 is 0 Å². The van der Waals surface area contributed by atoms with Gasteiger partial charge in [-0.2, -0.15) is 0 Å². The second-order valence-corrected chi connectivity index (χ2v) is 5.03. The van der Waals surface area contributed by atoms with Crippen LogP contribution in [0.5, 0.6) is 0 Å². The first-order valence-corrected chi connectivity index (χ1v) is 6.53. The minimum atomic E-state index is 0.850. The molecule has 1 aliphatic rings. The highest BCUT2D eigenvalue weighted by Crippen LogP contribution is 2.28. The van der Waals surface area contributed by atoms with E-state index in [2.05, 4.69) is 46.3 Å². The monoisotopic (exact) mass is 242 g/mol. The van der Waals surface area contributed by atoms with E-state index >= 15 is 0 Å². The van der Waals surface area contributed by atoms with Gasteiger partial charge in [-0.1, -0.05) is 19.1 Å². The van der Waals surface area contributed by atoms with E-state index in [4.69, 9.17) is 0 Å². The predicted molar refractivity (Wildman–Crippen MR) is 72.0 cm³/mol. The second kappa shape index (κ2) is 4.80. The van der Waals surface area contributed by atoms with Gasteiger partial charge in [0.05, 0.1) is 11.4 Å². The van der Waals surface area contributed by atoms with Crippen molar-refractivity contribution in [3.63, 3.8) is 0 Å². The molecule has 3 rings (SSSR count). The van der Waals surface area contributed by atoms with Crippen LogP contribution in [0.1, 0.15) is 19.8 Å². The summed E-state index contributed by atoms with van der Waals surface area (Å²) in [6, 6.07) is 8.47. The number of nitrogens with zero attached hydrogens (tertiary/aromatic N) is 4. The molecule has 4 nitrogen and oxygen atoms in total. The van der Waals surface area contributed by atoms with Crippen LogP contribution in [0.2, 0.25) is 0 Å². The van der Waals surface area contributed by atoms with E-state index in [1.807, 2.05) is 4.57 Å². The van der Waals surface area contributed by atoms with Crippen LogP contribution in [0.4, 0.5) is 5.69 Å². The van der Waals surface area contributed by atoms with Crippen molar-refractivity contribution < 1.29 is 0 Å². The highest BCUT2D eigenvalue weighted by Gasteiger charge is 2.18. The van der Waals surface area contributed by atoms with Gasteiger partial charge in [0.15, 0.2) is 0 Å². The van der Waals surface area contributed by atoms with Crippen molar-refractivity contribution in [3.8, 4) is 5.69 Å². The lowest BCUT2D eigenvalue weighted by atomic mass is 9.98. The predicted octanol–water partition coefficient (Wildman–Crippen LogP) is 2.50. The van der Waals surface area contributed by atoms with E-state index < -0.39 is 0 Å². The quantitative estimate of drug-likeness (QED) is 0.811. The number of hydrogen-bond donors (Lipinski definition) is 0. The Labute approximate surface area is 107 Å². The first-order chi connectivity index (χ1) is 8.84. The fraction of sp³-hybridized carbons (Fsp3) is 0.429. The molecule has 1 fully saturated rings. The summed E-state index contributed by atoms with van der Waals surface area (Å²) in [6.45, 7) is 4.61. The van der Waals surface area contributed by atoms with Gasteiger partial charge in [-0.05, 0) is 30.9 Å². The molecule has 0 radical (unpaired) electrons. The van der Waals surface area contributed by atoms with Crippen molar-refractivity contribution in [3.05, 3.63) is 36.9 Å². The summed E-state index contributed by atoms with van der Waals surface area (Å²) in [5.74, 6) is 0.850. The molecule has 0 spiro atoms. The lowest BCUT2D eigenvalue weighted by Gasteiger charge is -2.33. The van der Waals surface area contributed by atoms with Gasteiger partial charge in [0.2, 0.25) is 0 Å². The molecule has 2 aromatic rings. The van der Waals surface area contributed by atoms with Crippen molar-refractivity contribution in [1.29, 1.82) is 0 Å². The molecule has 0 atom stereocenters. The van der Waals surface area contributed by atoms with E-state index in [1.165, 1.54) is 18.5 Å². The Kier molecular flexibility index (Phi) is 3.00. The molecule has 2 heterocycles. The van der Waals surface area contributed by atoms with E-state index in [0.29, 0.717) is 0 Å². The number of aromatic nitrogens is 3. The number of para-hydroxylation sites is 2. The zero-order valence-electron chi connectivity index (χ0n) is 10.7. The smallest absolute Gasteiger partial charge is 0.123 e. The van der Waals surface area contributed by atoms with Crippen LogP contribution in [-0.2, 0) is 0 Å². The van der Waals surface area contributed by atoms with Gasteiger partial charge < -0.3 is 4.90 Å². The number of hydrogen-bond acceptors (Lipinski definition) is 3. The summed E-state index contributed by atoms with van der Waals surface area (Å²) >= 11 is 0. The molecule has 0 N–H and O–H groups in total. The normalized spacial score (nSPS) is 17.1. The van der Waals surface area contributed by atoms with Crippen LogP contribution in [0.15, 0.2) is 36.9 Å². The SMILES string of the molecule is CC1CCN(c2ccccc2-n2cnnc2)CC1. The Morgan fingerprint density at radius 3 is 2.28 bits per heavy atom. The first kappa shape index (κ1) is 11.3. The van der Waals surface area contributed by atoms with Crippen LogP contribution in [0, 0.1) is 5.92 Å². The molecule has 1 aromatic heterocycles. The lowest BCUT2D eigenvalue weighted by molar-refractivity contribution is 0.438. The van der Waals surface area contributed by atoms with Crippen LogP contribution in [0.25, 0.3) is 5.69 Å². The number of piperidine rings is 1. The van der Waals surface area contributed by atoms with Gasteiger partial charge in [0.1, 0.15) is 12.7 Å². The van der Waals surface area contributed by atoms with Crippen LogP contribution in [-0.4, -0.2) is 27.9 Å². The Bertz CT molecular complexity index is 498. The van der Waals surface area contributed by atoms with Crippen LogP contribution >= 0.6 is 0 Å². The van der Waals surface area contributed by atoms with Gasteiger partial charge in [-0.3, -0.25) is 4.57 Å². The molecule has 18 heavy (non-hydrogen) atoms. The average molecular weight is 242 g/mol. The van der Waals surface area contributed by atoms with Gasteiger partial charge in [-0.15, -0.1) is 10.2 Å². The summed E-state index contributed by atoms with van der Waals surface area (Å²) in [4.78, 5) is 2.47. The zero-order valence-corrected chi connectivity index (χ0v) is 10.7. The Morgan fingerprint density at radius 1 is 1.00 bits per heavy atom. The molecule has 0 bridgehead atoms. The Morgan fingerprint density at radius 2 is 1.61 bits per heavy atom. The van der Waals surface area contributed by atoms with Crippen molar-refractivity contribution in [2.24, 2.45) is 5.92 Å². The minimum Gasteiger partial charge on any atom is -0.370 e. The molecule has 1 aliphatic heterocycles. The van der Waals surface area contributed by atoms with Crippen LogP contribution in [0.3, 0.4) is 0 Å². The summed E-state index contributed by atoms with van der Waals surface area (Å²) in [5, 5.41) is 7.78. The largest absolute Gasteiger partial charge is 0.370 e. The molecule has 0 unspecified atom stereocenters. The standard InChI is InChI=1S/C14H18N4/c1-12-6-8-17(9-7-12)13-4-2-3-5-14(13)18-10-15-16-11-18/h2-5,10-12H,6-9H2,1H3. The summed E-state index contributed by atoms with van der Waals surface area (Å²) < 4.78 is 1.98. The zero-order chi connectivity index (χ0) is 12.4. The minimum absolute atomic E-state index is 0.850. The van der Waals surface area contributed by atoms with Crippen molar-refractivity contribution in [2.45, 2.75) is 19.8 Å². The molecule has 1 saturated heterocycles. The number of benzene rings is 1. The third-order valence-electron chi connectivity index (χ3n) is 3.70. The molecule has 94 valence electrons. The van der Waals surface area contributed by atoms with Gasteiger partial charge in [0.25, 0.3) is 0 Å². The highest BCUT2D eigenvalue weighted by molar-refractivity contribution is 5.62. The molecular formula is C14H18N4. The molecular weight excluding hydrogens is 224 g/mol. The second-order valence-electron chi connectivity index (χ2n) is 5.03. The number of anilines is 1. The molecule has 0 aliphatic carbocycles. The fourth-order valence-electron chi connectivity index (χ4n) is 2.52. The fourth-order valence-corrected chi connectivity index (χ4v) is 2.52. The summed E-state index contributed by atoms with van der Waals surface area (Å²) in [7, 11) is 0. The first-order valence-electron chi connectivity index (χ1n) is 6.53. The third kappa shape index (κ3) is 2.10. The molecule has 4 heteroatoms. The van der Waals surface area contributed by atoms with Crippen molar-refractivity contribution in [2.75, 3.05) is 18.0 Å². The maximum atomic E-state index is 3.89. The van der Waals surface area contributed by atoms with Crippen molar-refractivity contribution in [1.82, 2.24) is 14.8 Å². The van der Waals surface area contributed by atoms with Crippen molar-refractivity contribution >= 4 is 5.69 Å². The Balaban J connectivity index is 1.92. The molecule has 0 amide bonds. The summed E-state index contributed by atoms with van der Waals surface area (Å²) in [6.07, 6.45) is 6.06. The highest BCUT2D eigenvalue weighted by atomic mass is 15.2. The Hall–Kier alpha value is -1.84. The maximum absolute atomic E-state index is 3.89. The number of rotatable bonds is 2. The maximum Gasteiger partial charge on any atom is 0.123 e. The van der Waals surface area contributed by atoms with Gasteiger partial charge in [0, 0.05) is 13.1 Å². The van der Waals surface area contributed by atoms with Gasteiger partial charge in [-0.25, -0.2) is 0 Å². The van der Waals surface area contributed by atoms with E-state index in [9.17, 15) is 0 Å². The summed E-state index contributed by atoms with van der Waals surface area (Å²) in [5.41, 5.74) is 2.45.